The molecule has 0 bridgehead atoms. The summed E-state index contributed by atoms with van der Waals surface area (Å²) in [6.45, 7) is 1.84. The summed E-state index contributed by atoms with van der Waals surface area (Å²) in [4.78, 5) is 9.60. The van der Waals surface area contributed by atoms with Gasteiger partial charge in [0, 0.05) is 5.69 Å². The normalized spacial score (nSPS) is 10.6. The standard InChI is InChI=1S/C10H9BrN2OS/c1-6-4-7(5-14)13-10(12-6)8-2-3-9(11)15-8/h2-4,14H,5H2,1H3. The van der Waals surface area contributed by atoms with Crippen LogP contribution < -0.4 is 0 Å². The van der Waals surface area contributed by atoms with Gasteiger partial charge in [-0.2, -0.15) is 0 Å². The van der Waals surface area contributed by atoms with Crippen LogP contribution in [0.5, 0.6) is 0 Å². The van der Waals surface area contributed by atoms with Gasteiger partial charge in [-0.3, -0.25) is 0 Å². The highest BCUT2D eigenvalue weighted by Crippen LogP contribution is 2.29. The molecule has 0 unspecified atom stereocenters. The maximum Gasteiger partial charge on any atom is 0.170 e. The summed E-state index contributed by atoms with van der Waals surface area (Å²) in [7, 11) is 0. The molecule has 0 spiro atoms. The number of aliphatic hydroxyl groups excluding tert-OH is 1. The van der Waals surface area contributed by atoms with Crippen LogP contribution in [0.3, 0.4) is 0 Å². The van der Waals surface area contributed by atoms with Gasteiger partial charge in [0.05, 0.1) is 21.0 Å². The third kappa shape index (κ3) is 2.42. The Morgan fingerprint density at radius 3 is 2.80 bits per heavy atom. The molecule has 3 nitrogen and oxygen atoms in total. The van der Waals surface area contributed by atoms with Crippen molar-refractivity contribution >= 4 is 27.3 Å². The maximum atomic E-state index is 9.04. The third-order valence-electron chi connectivity index (χ3n) is 1.86. The van der Waals surface area contributed by atoms with Crippen molar-refractivity contribution in [2.24, 2.45) is 0 Å². The lowest BCUT2D eigenvalue weighted by molar-refractivity contribution is 0.276. The Labute approximate surface area is 100.0 Å². The van der Waals surface area contributed by atoms with Crippen LogP contribution in [0.25, 0.3) is 10.7 Å². The number of aliphatic hydroxyl groups is 1. The van der Waals surface area contributed by atoms with Crippen molar-refractivity contribution in [2.45, 2.75) is 13.5 Å². The quantitative estimate of drug-likeness (QED) is 0.922. The zero-order chi connectivity index (χ0) is 10.8. The highest BCUT2D eigenvalue weighted by molar-refractivity contribution is 9.11. The second-order valence-corrected chi connectivity index (χ2v) is 5.55. The lowest BCUT2D eigenvalue weighted by Crippen LogP contribution is -1.96. The van der Waals surface area contributed by atoms with Crippen molar-refractivity contribution in [1.82, 2.24) is 9.97 Å². The molecule has 0 aliphatic carbocycles. The van der Waals surface area contributed by atoms with E-state index in [0.717, 1.165) is 14.4 Å². The van der Waals surface area contributed by atoms with Gasteiger partial charge >= 0.3 is 0 Å². The van der Waals surface area contributed by atoms with Crippen LogP contribution in [-0.2, 0) is 6.61 Å². The van der Waals surface area contributed by atoms with E-state index in [9.17, 15) is 0 Å². The first-order valence-corrected chi connectivity index (χ1v) is 6.01. The zero-order valence-corrected chi connectivity index (χ0v) is 10.5. The summed E-state index contributed by atoms with van der Waals surface area (Å²) in [5.74, 6) is 0.676. The number of nitrogens with zero attached hydrogens (tertiary/aromatic N) is 2. The average Bonchev–Trinajstić information content (AvgIpc) is 2.64. The van der Waals surface area contributed by atoms with Gasteiger partial charge in [0.15, 0.2) is 5.82 Å². The molecule has 0 aromatic carbocycles. The van der Waals surface area contributed by atoms with Crippen LogP contribution in [0.1, 0.15) is 11.4 Å². The van der Waals surface area contributed by atoms with E-state index in [4.69, 9.17) is 5.11 Å². The number of aromatic nitrogens is 2. The molecular weight excluding hydrogens is 276 g/mol. The molecule has 5 heteroatoms. The molecule has 1 N–H and O–H groups in total. The first kappa shape index (κ1) is 10.7. The van der Waals surface area contributed by atoms with Crippen LogP contribution in [0, 0.1) is 6.92 Å². The Bertz CT molecular complexity index is 484. The summed E-state index contributed by atoms with van der Waals surface area (Å²) in [5, 5.41) is 9.04. The Morgan fingerprint density at radius 1 is 1.40 bits per heavy atom. The smallest absolute Gasteiger partial charge is 0.170 e. The van der Waals surface area contributed by atoms with Crippen LogP contribution in [0.4, 0.5) is 0 Å². The second kappa shape index (κ2) is 4.38. The van der Waals surface area contributed by atoms with E-state index < -0.39 is 0 Å². The van der Waals surface area contributed by atoms with E-state index >= 15 is 0 Å². The molecular formula is C10H9BrN2OS. The van der Waals surface area contributed by atoms with Crippen molar-refractivity contribution in [3.05, 3.63) is 33.4 Å². The molecule has 2 heterocycles. The van der Waals surface area contributed by atoms with Gasteiger partial charge in [-0.25, -0.2) is 9.97 Å². The molecule has 0 aliphatic heterocycles. The molecule has 0 saturated heterocycles. The molecule has 0 saturated carbocycles. The Kier molecular flexibility index (Phi) is 3.14. The third-order valence-corrected chi connectivity index (χ3v) is 3.48. The Hall–Kier alpha value is -0.780. The van der Waals surface area contributed by atoms with E-state index in [2.05, 4.69) is 25.9 Å². The van der Waals surface area contributed by atoms with E-state index in [-0.39, 0.29) is 6.61 Å². The van der Waals surface area contributed by atoms with Gasteiger partial charge in [-0.05, 0) is 41.1 Å². The molecule has 2 rings (SSSR count). The minimum atomic E-state index is -0.0527. The molecule has 0 fully saturated rings. The number of hydrogen-bond acceptors (Lipinski definition) is 4. The first-order valence-electron chi connectivity index (χ1n) is 4.40. The highest BCUT2D eigenvalue weighted by Gasteiger charge is 2.06. The van der Waals surface area contributed by atoms with Gasteiger partial charge in [-0.15, -0.1) is 11.3 Å². The molecule has 0 atom stereocenters. The summed E-state index contributed by atoms with van der Waals surface area (Å²) < 4.78 is 1.05. The van der Waals surface area contributed by atoms with Gasteiger partial charge in [-0.1, -0.05) is 0 Å². The minimum absolute atomic E-state index is 0.0527. The summed E-state index contributed by atoms with van der Waals surface area (Å²) in [6, 6.07) is 5.71. The van der Waals surface area contributed by atoms with E-state index in [0.29, 0.717) is 11.5 Å². The fraction of sp³-hybridized carbons (Fsp3) is 0.200. The van der Waals surface area contributed by atoms with Crippen molar-refractivity contribution in [1.29, 1.82) is 0 Å². The van der Waals surface area contributed by atoms with Crippen molar-refractivity contribution in [3.63, 3.8) is 0 Å². The average molecular weight is 285 g/mol. The number of halogens is 1. The molecule has 15 heavy (non-hydrogen) atoms. The van der Waals surface area contributed by atoms with Gasteiger partial charge < -0.3 is 5.11 Å². The van der Waals surface area contributed by atoms with Crippen molar-refractivity contribution in [2.75, 3.05) is 0 Å². The topological polar surface area (TPSA) is 46.0 Å². The second-order valence-electron chi connectivity index (χ2n) is 3.09. The van der Waals surface area contributed by atoms with Gasteiger partial charge in [0.1, 0.15) is 0 Å². The number of thiophene rings is 1. The minimum Gasteiger partial charge on any atom is -0.390 e. The Balaban J connectivity index is 2.48. The fourth-order valence-electron chi connectivity index (χ4n) is 1.26. The zero-order valence-electron chi connectivity index (χ0n) is 8.07. The van der Waals surface area contributed by atoms with Crippen LogP contribution in [0.15, 0.2) is 22.0 Å². The van der Waals surface area contributed by atoms with Crippen molar-refractivity contribution in [3.8, 4) is 10.7 Å². The number of rotatable bonds is 2. The highest BCUT2D eigenvalue weighted by atomic mass is 79.9. The number of hydrogen-bond donors (Lipinski definition) is 1. The predicted molar refractivity (Wildman–Crippen MR) is 63.7 cm³/mol. The van der Waals surface area contributed by atoms with E-state index in [1.54, 1.807) is 17.4 Å². The largest absolute Gasteiger partial charge is 0.390 e. The lowest BCUT2D eigenvalue weighted by Gasteiger charge is -2.01. The first-order chi connectivity index (χ1) is 7.19. The molecule has 0 radical (unpaired) electrons. The summed E-state index contributed by atoms with van der Waals surface area (Å²) in [6.07, 6.45) is 0. The molecule has 78 valence electrons. The number of aryl methyl sites for hydroxylation is 1. The summed E-state index contributed by atoms with van der Waals surface area (Å²) >= 11 is 4.98. The monoisotopic (exact) mass is 284 g/mol. The lowest BCUT2D eigenvalue weighted by atomic mass is 10.3. The predicted octanol–water partition coefficient (Wildman–Crippen LogP) is 2.77. The maximum absolute atomic E-state index is 9.04. The summed E-state index contributed by atoms with van der Waals surface area (Å²) in [5.41, 5.74) is 1.52. The molecule has 2 aromatic rings. The van der Waals surface area contributed by atoms with Crippen molar-refractivity contribution < 1.29 is 5.11 Å². The van der Waals surface area contributed by atoms with Gasteiger partial charge in [0.2, 0.25) is 0 Å². The van der Waals surface area contributed by atoms with Crippen LogP contribution >= 0.6 is 27.3 Å². The van der Waals surface area contributed by atoms with E-state index in [1.807, 2.05) is 19.1 Å². The van der Waals surface area contributed by atoms with Crippen LogP contribution in [0.2, 0.25) is 0 Å². The Morgan fingerprint density at radius 2 is 2.20 bits per heavy atom. The van der Waals surface area contributed by atoms with Gasteiger partial charge in [0.25, 0.3) is 0 Å². The van der Waals surface area contributed by atoms with E-state index in [1.165, 1.54) is 0 Å². The SMILES string of the molecule is Cc1cc(CO)nc(-c2ccc(Br)s2)n1. The molecule has 0 amide bonds. The molecule has 2 aromatic heterocycles. The molecule has 0 aliphatic rings. The van der Waals surface area contributed by atoms with Crippen LogP contribution in [-0.4, -0.2) is 15.1 Å². The fourth-order valence-corrected chi connectivity index (χ4v) is 2.58.